The Hall–Kier alpha value is -2.31. The van der Waals surface area contributed by atoms with Gasteiger partial charge in [0.2, 0.25) is 0 Å². The molecule has 0 aliphatic carbocycles. The van der Waals surface area contributed by atoms with Gasteiger partial charge in [0.05, 0.1) is 12.8 Å². The molecule has 138 valence electrons. The van der Waals surface area contributed by atoms with Gasteiger partial charge >= 0.3 is 0 Å². The topological polar surface area (TPSA) is 57.7 Å². The highest BCUT2D eigenvalue weighted by atomic mass is 35.5. The molecule has 0 bridgehead atoms. The number of amides is 1. The zero-order valence-corrected chi connectivity index (χ0v) is 15.8. The first-order valence-electron chi connectivity index (χ1n) is 8.69. The third kappa shape index (κ3) is 4.26. The summed E-state index contributed by atoms with van der Waals surface area (Å²) in [7, 11) is 1.55. The normalized spacial score (nSPS) is 15.0. The minimum Gasteiger partial charge on any atom is -0.495 e. The van der Waals surface area contributed by atoms with Gasteiger partial charge < -0.3 is 19.9 Å². The Kier molecular flexibility index (Phi) is 5.96. The number of methoxy groups -OCH3 is 1. The van der Waals surface area contributed by atoms with Gasteiger partial charge in [0.1, 0.15) is 11.6 Å². The monoisotopic (exact) mass is 374 g/mol. The number of pyridine rings is 1. The van der Waals surface area contributed by atoms with E-state index in [0.717, 1.165) is 38.5 Å². The predicted molar refractivity (Wildman–Crippen MR) is 105 cm³/mol. The van der Waals surface area contributed by atoms with Crippen molar-refractivity contribution in [2.45, 2.75) is 6.92 Å². The number of anilines is 2. The summed E-state index contributed by atoms with van der Waals surface area (Å²) in [6.45, 7) is 7.07. The largest absolute Gasteiger partial charge is 0.495 e. The van der Waals surface area contributed by atoms with E-state index in [1.807, 2.05) is 6.07 Å². The molecule has 6 nitrogen and oxygen atoms in total. The van der Waals surface area contributed by atoms with Crippen molar-refractivity contribution in [1.82, 2.24) is 9.88 Å². The molecule has 1 fully saturated rings. The predicted octanol–water partition coefficient (Wildman–Crippen LogP) is 3.14. The van der Waals surface area contributed by atoms with Crippen LogP contribution >= 0.6 is 11.6 Å². The van der Waals surface area contributed by atoms with E-state index in [0.29, 0.717) is 22.0 Å². The standard InChI is InChI=1S/C19H23ClN4O2/c1-3-23-8-10-24(11-9-23)18-12-14(6-7-21-18)19(25)22-16-13-15(20)4-5-17(16)26-2/h4-7,12-13H,3,8-11H2,1-2H3,(H,22,25). The molecule has 1 aromatic carbocycles. The second kappa shape index (κ2) is 8.38. The Bertz CT molecular complexity index is 776. The van der Waals surface area contributed by atoms with Crippen molar-refractivity contribution in [1.29, 1.82) is 0 Å². The van der Waals surface area contributed by atoms with E-state index < -0.39 is 0 Å². The first-order chi connectivity index (χ1) is 12.6. The molecule has 1 saturated heterocycles. The quantitative estimate of drug-likeness (QED) is 0.871. The Balaban J connectivity index is 1.74. The van der Waals surface area contributed by atoms with Gasteiger partial charge in [-0.25, -0.2) is 4.98 Å². The average Bonchev–Trinajstić information content (AvgIpc) is 2.68. The molecular weight excluding hydrogens is 352 g/mol. The highest BCUT2D eigenvalue weighted by molar-refractivity contribution is 6.31. The van der Waals surface area contributed by atoms with E-state index in [4.69, 9.17) is 16.3 Å². The van der Waals surface area contributed by atoms with Crippen LogP contribution in [0.25, 0.3) is 0 Å². The number of likely N-dealkylation sites (N-methyl/N-ethyl adjacent to an activating group) is 1. The third-order valence-corrected chi connectivity index (χ3v) is 4.80. The Morgan fingerprint density at radius 1 is 1.23 bits per heavy atom. The zero-order valence-electron chi connectivity index (χ0n) is 15.0. The van der Waals surface area contributed by atoms with Gasteiger partial charge in [-0.3, -0.25) is 4.79 Å². The van der Waals surface area contributed by atoms with Crippen LogP contribution in [0, 0.1) is 0 Å². The molecule has 3 rings (SSSR count). The summed E-state index contributed by atoms with van der Waals surface area (Å²) in [5, 5.41) is 3.39. The molecule has 1 aliphatic heterocycles. The van der Waals surface area contributed by atoms with E-state index >= 15 is 0 Å². The summed E-state index contributed by atoms with van der Waals surface area (Å²) in [6, 6.07) is 8.65. The van der Waals surface area contributed by atoms with Gasteiger partial charge in [-0.2, -0.15) is 0 Å². The van der Waals surface area contributed by atoms with Crippen LogP contribution < -0.4 is 15.0 Å². The summed E-state index contributed by atoms with van der Waals surface area (Å²) in [4.78, 5) is 21.7. The van der Waals surface area contributed by atoms with E-state index in [1.165, 1.54) is 0 Å². The number of benzene rings is 1. The lowest BCUT2D eigenvalue weighted by Crippen LogP contribution is -2.46. The fourth-order valence-electron chi connectivity index (χ4n) is 3.00. The number of hydrogen-bond donors (Lipinski definition) is 1. The SMILES string of the molecule is CCN1CCN(c2cc(C(=O)Nc3cc(Cl)ccc3OC)ccn2)CC1. The molecule has 7 heteroatoms. The summed E-state index contributed by atoms with van der Waals surface area (Å²) < 4.78 is 5.28. The highest BCUT2D eigenvalue weighted by Crippen LogP contribution is 2.28. The van der Waals surface area contributed by atoms with Gasteiger partial charge in [0, 0.05) is 43.0 Å². The maximum Gasteiger partial charge on any atom is 0.255 e. The summed E-state index contributed by atoms with van der Waals surface area (Å²) in [6.07, 6.45) is 1.67. The average molecular weight is 375 g/mol. The van der Waals surface area contributed by atoms with Crippen molar-refractivity contribution in [2.75, 3.05) is 50.1 Å². The Morgan fingerprint density at radius 3 is 2.69 bits per heavy atom. The number of piperazine rings is 1. The lowest BCUT2D eigenvalue weighted by Gasteiger charge is -2.34. The number of hydrogen-bond acceptors (Lipinski definition) is 5. The molecular formula is C19H23ClN4O2. The van der Waals surface area contributed by atoms with Crippen LogP contribution in [-0.4, -0.2) is 55.6 Å². The number of carbonyl (C=O) groups excluding carboxylic acids is 1. The molecule has 0 saturated carbocycles. The summed E-state index contributed by atoms with van der Waals surface area (Å²) in [5.41, 5.74) is 1.09. The molecule has 1 aromatic heterocycles. The Labute approximate surface area is 158 Å². The van der Waals surface area contributed by atoms with Crippen LogP contribution in [0.15, 0.2) is 36.5 Å². The van der Waals surface area contributed by atoms with Crippen LogP contribution in [0.1, 0.15) is 17.3 Å². The summed E-state index contributed by atoms with van der Waals surface area (Å²) in [5.74, 6) is 1.17. The van der Waals surface area contributed by atoms with Crippen molar-refractivity contribution in [3.63, 3.8) is 0 Å². The third-order valence-electron chi connectivity index (χ3n) is 4.56. The van der Waals surface area contributed by atoms with Crippen LogP contribution in [0.3, 0.4) is 0 Å². The number of aromatic nitrogens is 1. The molecule has 2 aromatic rings. The minimum atomic E-state index is -0.221. The molecule has 2 heterocycles. The van der Waals surface area contributed by atoms with Gasteiger partial charge in [-0.15, -0.1) is 0 Å². The summed E-state index contributed by atoms with van der Waals surface area (Å²) >= 11 is 6.03. The lowest BCUT2D eigenvalue weighted by atomic mass is 10.2. The zero-order chi connectivity index (χ0) is 18.5. The number of ether oxygens (including phenoxy) is 1. The van der Waals surface area contributed by atoms with Crippen LogP contribution in [0.2, 0.25) is 5.02 Å². The number of halogens is 1. The molecule has 0 unspecified atom stereocenters. The number of nitrogens with zero attached hydrogens (tertiary/aromatic N) is 3. The van der Waals surface area contributed by atoms with Gasteiger partial charge in [-0.1, -0.05) is 18.5 Å². The number of carbonyl (C=O) groups is 1. The maximum absolute atomic E-state index is 12.7. The maximum atomic E-state index is 12.7. The van der Waals surface area contributed by atoms with Crippen LogP contribution in [0.5, 0.6) is 5.75 Å². The molecule has 1 amide bonds. The van der Waals surface area contributed by atoms with Gasteiger partial charge in [0.15, 0.2) is 0 Å². The van der Waals surface area contributed by atoms with Gasteiger partial charge in [0.25, 0.3) is 5.91 Å². The molecule has 0 spiro atoms. The highest BCUT2D eigenvalue weighted by Gasteiger charge is 2.18. The molecule has 1 aliphatic rings. The van der Waals surface area contributed by atoms with E-state index in [9.17, 15) is 4.79 Å². The van der Waals surface area contributed by atoms with Crippen molar-refractivity contribution >= 4 is 29.0 Å². The second-order valence-corrected chi connectivity index (χ2v) is 6.56. The first kappa shape index (κ1) is 18.5. The molecule has 0 atom stereocenters. The molecule has 26 heavy (non-hydrogen) atoms. The number of nitrogens with one attached hydrogen (secondary N) is 1. The molecule has 1 N–H and O–H groups in total. The lowest BCUT2D eigenvalue weighted by molar-refractivity contribution is 0.102. The smallest absolute Gasteiger partial charge is 0.255 e. The minimum absolute atomic E-state index is 0.221. The van der Waals surface area contributed by atoms with Crippen molar-refractivity contribution in [3.05, 3.63) is 47.1 Å². The van der Waals surface area contributed by atoms with Crippen molar-refractivity contribution in [2.24, 2.45) is 0 Å². The first-order valence-corrected chi connectivity index (χ1v) is 9.06. The number of rotatable bonds is 5. The van der Waals surface area contributed by atoms with E-state index in [-0.39, 0.29) is 5.91 Å². The van der Waals surface area contributed by atoms with E-state index in [2.05, 4.69) is 27.0 Å². The fraction of sp³-hybridized carbons (Fsp3) is 0.368. The Morgan fingerprint density at radius 2 is 2.00 bits per heavy atom. The van der Waals surface area contributed by atoms with Crippen LogP contribution in [0.4, 0.5) is 11.5 Å². The van der Waals surface area contributed by atoms with Crippen molar-refractivity contribution < 1.29 is 9.53 Å². The fourth-order valence-corrected chi connectivity index (χ4v) is 3.17. The van der Waals surface area contributed by atoms with Crippen molar-refractivity contribution in [3.8, 4) is 5.75 Å². The van der Waals surface area contributed by atoms with E-state index in [1.54, 1.807) is 37.6 Å². The second-order valence-electron chi connectivity index (χ2n) is 6.12. The molecule has 0 radical (unpaired) electrons. The van der Waals surface area contributed by atoms with Crippen LogP contribution in [-0.2, 0) is 0 Å². The van der Waals surface area contributed by atoms with Gasteiger partial charge in [-0.05, 0) is 36.9 Å².